The van der Waals surface area contributed by atoms with Crippen molar-refractivity contribution in [1.29, 1.82) is 0 Å². The molecule has 0 atom stereocenters. The van der Waals surface area contributed by atoms with Crippen LogP contribution in [0, 0.1) is 0 Å². The number of piperazine rings is 1. The number of nitrogens with one attached hydrogen (secondary N) is 1. The fraction of sp³-hybridized carbons (Fsp3) is 0.379. The van der Waals surface area contributed by atoms with Crippen LogP contribution in [0.15, 0.2) is 54.9 Å². The van der Waals surface area contributed by atoms with Crippen LogP contribution in [0.2, 0.25) is 0 Å². The van der Waals surface area contributed by atoms with Gasteiger partial charge in [0.1, 0.15) is 0 Å². The van der Waals surface area contributed by atoms with Crippen LogP contribution in [0.3, 0.4) is 0 Å². The van der Waals surface area contributed by atoms with E-state index in [4.69, 9.17) is 19.4 Å². The van der Waals surface area contributed by atoms with Crippen LogP contribution in [0.1, 0.15) is 18.4 Å². The molecule has 2 aromatic heterocycles. The van der Waals surface area contributed by atoms with Crippen LogP contribution in [-0.4, -0.2) is 81.3 Å². The lowest BCUT2D eigenvalue weighted by molar-refractivity contribution is -0.127. The molecule has 7 rings (SSSR count). The van der Waals surface area contributed by atoms with Crippen molar-refractivity contribution < 1.29 is 14.3 Å². The van der Waals surface area contributed by atoms with E-state index in [0.29, 0.717) is 31.3 Å². The third kappa shape index (κ3) is 5.00. The van der Waals surface area contributed by atoms with Crippen LogP contribution in [0.4, 0.5) is 17.5 Å². The molecule has 0 saturated carbocycles. The number of ether oxygens (including phenoxy) is 2. The summed E-state index contributed by atoms with van der Waals surface area (Å²) in [7, 11) is 0. The third-order valence-electron chi connectivity index (χ3n) is 7.77. The zero-order valence-electron chi connectivity index (χ0n) is 22.3. The molecule has 0 aliphatic carbocycles. The number of nitrogens with zero attached hydrogens (tertiary/aromatic N) is 7. The lowest BCUT2D eigenvalue weighted by Crippen LogP contribution is -2.46. The van der Waals surface area contributed by atoms with Gasteiger partial charge >= 0.3 is 0 Å². The Kier molecular flexibility index (Phi) is 6.56. The maximum Gasteiger partial charge on any atom is 0.231 e. The van der Waals surface area contributed by atoms with Crippen molar-refractivity contribution in [1.82, 2.24) is 29.3 Å². The molecule has 1 amide bonds. The zero-order valence-corrected chi connectivity index (χ0v) is 22.3. The number of anilines is 3. The van der Waals surface area contributed by atoms with E-state index in [1.54, 1.807) is 0 Å². The van der Waals surface area contributed by atoms with Gasteiger partial charge in [-0.15, -0.1) is 0 Å². The number of carbonyl (C=O) groups is 1. The van der Waals surface area contributed by atoms with Gasteiger partial charge in [-0.05, 0) is 36.2 Å². The lowest BCUT2D eigenvalue weighted by atomic mass is 10.1. The SMILES string of the molecule is O=C1CCCN1CCn1cnc2c(Nc3ccccc3)nc(N3CCN(Cc4ccc5c(c4)OCO5)CC3)nc21. The number of fused-ring (bicyclic) bond motifs is 2. The van der Waals surface area contributed by atoms with Gasteiger partial charge in [-0.25, -0.2) is 4.98 Å². The minimum atomic E-state index is 0.227. The molecule has 5 heterocycles. The maximum atomic E-state index is 12.1. The van der Waals surface area contributed by atoms with E-state index in [2.05, 4.69) is 32.2 Å². The number of carbonyl (C=O) groups excluding carboxylic acids is 1. The van der Waals surface area contributed by atoms with E-state index in [1.165, 1.54) is 5.56 Å². The quantitative estimate of drug-likeness (QED) is 0.361. The average molecular weight is 541 g/mol. The summed E-state index contributed by atoms with van der Waals surface area (Å²) in [6.07, 6.45) is 3.38. The van der Waals surface area contributed by atoms with Crippen LogP contribution in [0.25, 0.3) is 11.2 Å². The number of likely N-dealkylation sites (tertiary alicyclic amines) is 1. The Morgan fingerprint density at radius 2 is 1.75 bits per heavy atom. The van der Waals surface area contributed by atoms with Crippen molar-refractivity contribution in [2.45, 2.75) is 25.9 Å². The summed E-state index contributed by atoms with van der Waals surface area (Å²) >= 11 is 0. The van der Waals surface area contributed by atoms with Gasteiger partial charge in [0.05, 0.1) is 6.33 Å². The number of rotatable bonds is 8. The minimum Gasteiger partial charge on any atom is -0.454 e. The van der Waals surface area contributed by atoms with Crippen LogP contribution < -0.4 is 19.7 Å². The third-order valence-corrected chi connectivity index (χ3v) is 7.77. The molecule has 0 radical (unpaired) electrons. The summed E-state index contributed by atoms with van der Waals surface area (Å²) in [6.45, 7) is 6.70. The van der Waals surface area contributed by atoms with Gasteiger partial charge in [0, 0.05) is 64.5 Å². The largest absolute Gasteiger partial charge is 0.454 e. The summed E-state index contributed by atoms with van der Waals surface area (Å²) in [5.41, 5.74) is 3.66. The number of hydrogen-bond donors (Lipinski definition) is 1. The number of para-hydroxylation sites is 1. The Hall–Kier alpha value is -4.38. The molecule has 11 heteroatoms. The van der Waals surface area contributed by atoms with Crippen molar-refractivity contribution in [3.8, 4) is 11.5 Å². The zero-order chi connectivity index (χ0) is 26.9. The topological polar surface area (TPSA) is 101 Å². The second-order valence-electron chi connectivity index (χ2n) is 10.4. The fourth-order valence-corrected chi connectivity index (χ4v) is 5.56. The van der Waals surface area contributed by atoms with Gasteiger partial charge in [-0.2, -0.15) is 9.97 Å². The molecule has 3 aliphatic rings. The van der Waals surface area contributed by atoms with Gasteiger partial charge in [0.25, 0.3) is 0 Å². The summed E-state index contributed by atoms with van der Waals surface area (Å²) in [5.74, 6) is 3.23. The van der Waals surface area contributed by atoms with Gasteiger partial charge in [0.2, 0.25) is 18.6 Å². The summed E-state index contributed by atoms with van der Waals surface area (Å²) in [5, 5.41) is 3.46. The van der Waals surface area contributed by atoms with Crippen molar-refractivity contribution in [2.24, 2.45) is 0 Å². The highest BCUT2D eigenvalue weighted by Crippen LogP contribution is 2.33. The monoisotopic (exact) mass is 540 g/mol. The molecule has 206 valence electrons. The first kappa shape index (κ1) is 24.6. The number of amides is 1. The molecule has 1 N–H and O–H groups in total. The maximum absolute atomic E-state index is 12.1. The lowest BCUT2D eigenvalue weighted by Gasteiger charge is -2.34. The first-order chi connectivity index (χ1) is 19.7. The number of imidazole rings is 1. The molecule has 2 fully saturated rings. The van der Waals surface area contributed by atoms with Crippen molar-refractivity contribution in [3.05, 3.63) is 60.4 Å². The molecule has 4 aromatic rings. The van der Waals surface area contributed by atoms with E-state index in [-0.39, 0.29) is 12.7 Å². The number of hydrogen-bond acceptors (Lipinski definition) is 9. The highest BCUT2D eigenvalue weighted by atomic mass is 16.7. The molecule has 0 unspecified atom stereocenters. The number of aromatic nitrogens is 4. The Bertz CT molecular complexity index is 1520. The predicted octanol–water partition coefficient (Wildman–Crippen LogP) is 3.24. The molecular formula is C29H32N8O3. The molecule has 0 bridgehead atoms. The first-order valence-corrected chi connectivity index (χ1v) is 13.9. The van der Waals surface area contributed by atoms with Gasteiger partial charge in [-0.3, -0.25) is 9.69 Å². The van der Waals surface area contributed by atoms with E-state index in [9.17, 15) is 4.79 Å². The van der Waals surface area contributed by atoms with E-state index in [1.807, 2.05) is 52.2 Å². The Morgan fingerprint density at radius 1 is 0.900 bits per heavy atom. The molecule has 0 spiro atoms. The van der Waals surface area contributed by atoms with Crippen molar-refractivity contribution in [2.75, 3.05) is 56.3 Å². The number of benzene rings is 2. The molecule has 40 heavy (non-hydrogen) atoms. The summed E-state index contributed by atoms with van der Waals surface area (Å²) in [6, 6.07) is 16.2. The standard InChI is InChI=1S/C29H32N8O3/c38-25-7-4-10-35(25)15-16-37-19-30-26-27(31-22-5-2-1-3-6-22)32-29(33-28(26)37)36-13-11-34(12-14-36)18-21-8-9-23-24(17-21)40-20-39-23/h1-3,5-6,8-9,17,19H,4,7,10-16,18,20H2,(H,31,32,33). The van der Waals surface area contributed by atoms with Crippen LogP contribution in [0.5, 0.6) is 11.5 Å². The average Bonchev–Trinajstić information content (AvgIpc) is 3.72. The summed E-state index contributed by atoms with van der Waals surface area (Å²) < 4.78 is 13.0. The Labute approximate surface area is 232 Å². The second kappa shape index (κ2) is 10.6. The van der Waals surface area contributed by atoms with Crippen LogP contribution >= 0.6 is 0 Å². The Balaban J connectivity index is 1.10. The molecule has 2 saturated heterocycles. The smallest absolute Gasteiger partial charge is 0.231 e. The van der Waals surface area contributed by atoms with Gasteiger partial charge < -0.3 is 29.2 Å². The highest BCUT2D eigenvalue weighted by Gasteiger charge is 2.24. The van der Waals surface area contributed by atoms with Crippen LogP contribution in [-0.2, 0) is 17.9 Å². The predicted molar refractivity (Wildman–Crippen MR) is 151 cm³/mol. The molecule has 3 aliphatic heterocycles. The van der Waals surface area contributed by atoms with E-state index >= 15 is 0 Å². The molecule has 11 nitrogen and oxygen atoms in total. The summed E-state index contributed by atoms with van der Waals surface area (Å²) in [4.78, 5) is 33.4. The van der Waals surface area contributed by atoms with Gasteiger partial charge in [-0.1, -0.05) is 24.3 Å². The Morgan fingerprint density at radius 3 is 2.58 bits per heavy atom. The van der Waals surface area contributed by atoms with Gasteiger partial charge in [0.15, 0.2) is 28.5 Å². The molecular weight excluding hydrogens is 508 g/mol. The van der Waals surface area contributed by atoms with E-state index < -0.39 is 0 Å². The van der Waals surface area contributed by atoms with Crippen molar-refractivity contribution in [3.63, 3.8) is 0 Å². The fourth-order valence-electron chi connectivity index (χ4n) is 5.56. The second-order valence-corrected chi connectivity index (χ2v) is 10.4. The normalized spacial score (nSPS) is 17.2. The first-order valence-electron chi connectivity index (χ1n) is 13.9. The minimum absolute atomic E-state index is 0.227. The van der Waals surface area contributed by atoms with E-state index in [0.717, 1.165) is 74.0 Å². The molecule has 2 aromatic carbocycles. The van der Waals surface area contributed by atoms with Crippen molar-refractivity contribution >= 4 is 34.5 Å². The highest BCUT2D eigenvalue weighted by molar-refractivity contribution is 5.86.